The Morgan fingerprint density at radius 1 is 1.50 bits per heavy atom. The molecule has 0 spiro atoms. The molecule has 0 saturated heterocycles. The molecular formula is C16H22BrNO2. The van der Waals surface area contributed by atoms with Gasteiger partial charge < -0.3 is 10.4 Å². The number of rotatable bonds is 7. The Hall–Kier alpha value is -0.870. The van der Waals surface area contributed by atoms with E-state index in [9.17, 15) is 9.90 Å². The number of aliphatic carboxylic acids is 1. The summed E-state index contributed by atoms with van der Waals surface area (Å²) in [7, 11) is 0. The van der Waals surface area contributed by atoms with E-state index in [0.29, 0.717) is 12.0 Å². The lowest BCUT2D eigenvalue weighted by Crippen LogP contribution is -2.48. The van der Waals surface area contributed by atoms with Crippen LogP contribution in [0.15, 0.2) is 28.7 Å². The van der Waals surface area contributed by atoms with Crippen molar-refractivity contribution in [2.45, 2.75) is 57.0 Å². The molecule has 1 aromatic carbocycles. The first-order chi connectivity index (χ1) is 9.60. The highest BCUT2D eigenvalue weighted by molar-refractivity contribution is 9.10. The van der Waals surface area contributed by atoms with E-state index in [1.54, 1.807) is 0 Å². The molecule has 2 rings (SSSR count). The third-order valence-corrected chi connectivity index (χ3v) is 4.53. The minimum Gasteiger partial charge on any atom is -0.480 e. The first-order valence-corrected chi connectivity index (χ1v) is 8.13. The summed E-state index contributed by atoms with van der Waals surface area (Å²) >= 11 is 3.49. The number of carboxylic acid groups (broad SMARTS) is 1. The van der Waals surface area contributed by atoms with Crippen molar-refractivity contribution in [3.05, 3.63) is 34.3 Å². The van der Waals surface area contributed by atoms with Gasteiger partial charge in [0.15, 0.2) is 0 Å². The van der Waals surface area contributed by atoms with Crippen LogP contribution in [0.3, 0.4) is 0 Å². The Labute approximate surface area is 128 Å². The minimum absolute atomic E-state index is 0.344. The highest BCUT2D eigenvalue weighted by Crippen LogP contribution is 2.38. The van der Waals surface area contributed by atoms with Crippen molar-refractivity contribution >= 4 is 21.9 Å². The Morgan fingerprint density at radius 2 is 2.25 bits per heavy atom. The van der Waals surface area contributed by atoms with Gasteiger partial charge in [0.05, 0.1) is 0 Å². The van der Waals surface area contributed by atoms with Gasteiger partial charge in [-0.3, -0.25) is 4.79 Å². The molecule has 3 nitrogen and oxygen atoms in total. The summed E-state index contributed by atoms with van der Waals surface area (Å²) in [5, 5.41) is 12.5. The van der Waals surface area contributed by atoms with Crippen LogP contribution in [0.4, 0.5) is 0 Å². The Bertz CT molecular complexity index is 458. The minimum atomic E-state index is -0.718. The van der Waals surface area contributed by atoms with Gasteiger partial charge in [-0.05, 0) is 42.9 Å². The van der Waals surface area contributed by atoms with Gasteiger partial charge in [0.1, 0.15) is 6.04 Å². The third kappa shape index (κ3) is 4.06. The van der Waals surface area contributed by atoms with Crippen LogP contribution in [0.25, 0.3) is 0 Å². The van der Waals surface area contributed by atoms with Crippen LogP contribution in [0.5, 0.6) is 0 Å². The molecule has 110 valence electrons. The van der Waals surface area contributed by atoms with Gasteiger partial charge in [-0.2, -0.15) is 0 Å². The van der Waals surface area contributed by atoms with Gasteiger partial charge in [0.25, 0.3) is 0 Å². The maximum absolute atomic E-state index is 11.2. The molecule has 1 aliphatic rings. The predicted octanol–water partition coefficient (Wildman–Crippen LogP) is 3.93. The second kappa shape index (κ2) is 7.23. The Kier molecular flexibility index (Phi) is 5.61. The van der Waals surface area contributed by atoms with Crippen molar-refractivity contribution in [3.63, 3.8) is 0 Å². The molecule has 1 atom stereocenters. The average Bonchev–Trinajstić information content (AvgIpc) is 2.36. The average molecular weight is 340 g/mol. The summed E-state index contributed by atoms with van der Waals surface area (Å²) in [5.41, 5.74) is 1.35. The van der Waals surface area contributed by atoms with Crippen LogP contribution < -0.4 is 5.32 Å². The molecule has 0 radical (unpaired) electrons. The maximum Gasteiger partial charge on any atom is 0.320 e. The quantitative estimate of drug-likeness (QED) is 0.791. The van der Waals surface area contributed by atoms with Crippen molar-refractivity contribution in [3.8, 4) is 0 Å². The predicted molar refractivity (Wildman–Crippen MR) is 84.0 cm³/mol. The fourth-order valence-electron chi connectivity index (χ4n) is 2.76. The smallest absolute Gasteiger partial charge is 0.320 e. The molecule has 2 N–H and O–H groups in total. The van der Waals surface area contributed by atoms with Crippen molar-refractivity contribution < 1.29 is 9.90 Å². The van der Waals surface area contributed by atoms with Gasteiger partial charge in [-0.1, -0.05) is 47.8 Å². The summed E-state index contributed by atoms with van der Waals surface area (Å²) in [5.74, 6) is -0.157. The first-order valence-electron chi connectivity index (χ1n) is 7.34. The molecule has 1 aliphatic carbocycles. The van der Waals surface area contributed by atoms with E-state index in [0.717, 1.165) is 36.6 Å². The molecule has 0 aliphatic heterocycles. The van der Waals surface area contributed by atoms with Crippen molar-refractivity contribution in [2.24, 2.45) is 0 Å². The number of carbonyl (C=O) groups is 1. The third-order valence-electron chi connectivity index (χ3n) is 4.04. The zero-order valence-corrected chi connectivity index (χ0v) is 13.4. The van der Waals surface area contributed by atoms with Gasteiger partial charge >= 0.3 is 5.97 Å². The van der Waals surface area contributed by atoms with Crippen LogP contribution in [-0.2, 0) is 4.79 Å². The Balaban J connectivity index is 1.82. The molecule has 1 saturated carbocycles. The fraction of sp³-hybridized carbons (Fsp3) is 0.562. The molecule has 1 aromatic rings. The Morgan fingerprint density at radius 3 is 2.85 bits per heavy atom. The van der Waals surface area contributed by atoms with Crippen LogP contribution >= 0.6 is 15.9 Å². The lowest BCUT2D eigenvalue weighted by Gasteiger charge is -2.38. The largest absolute Gasteiger partial charge is 0.480 e. The highest BCUT2D eigenvalue weighted by atomic mass is 79.9. The molecule has 0 aromatic heterocycles. The molecule has 0 heterocycles. The van der Waals surface area contributed by atoms with Gasteiger partial charge in [-0.15, -0.1) is 0 Å². The standard InChI is InChI=1S/C16H22BrNO2/c1-2-3-7-15(16(19)20)18-14-9-12(10-14)11-5-4-6-13(17)8-11/h4-6,8,12,14-15,18H,2-3,7,9-10H2,1H3,(H,19,20). The number of halogens is 1. The van der Waals surface area contributed by atoms with E-state index in [-0.39, 0.29) is 6.04 Å². The second-order valence-electron chi connectivity index (χ2n) is 5.62. The molecule has 0 bridgehead atoms. The van der Waals surface area contributed by atoms with E-state index in [4.69, 9.17) is 0 Å². The number of hydrogen-bond acceptors (Lipinski definition) is 2. The second-order valence-corrected chi connectivity index (χ2v) is 6.54. The summed E-state index contributed by atoms with van der Waals surface area (Å²) in [6.07, 6.45) is 4.80. The van der Waals surface area contributed by atoms with E-state index in [2.05, 4.69) is 46.4 Å². The zero-order valence-electron chi connectivity index (χ0n) is 11.8. The first kappa shape index (κ1) is 15.5. The van der Waals surface area contributed by atoms with E-state index in [1.807, 2.05) is 6.07 Å². The number of benzene rings is 1. The highest BCUT2D eigenvalue weighted by Gasteiger charge is 2.33. The fourth-order valence-corrected chi connectivity index (χ4v) is 3.17. The van der Waals surface area contributed by atoms with Gasteiger partial charge in [0, 0.05) is 10.5 Å². The topological polar surface area (TPSA) is 49.3 Å². The molecule has 4 heteroatoms. The molecular weight excluding hydrogens is 318 g/mol. The number of nitrogens with one attached hydrogen (secondary N) is 1. The SMILES string of the molecule is CCCCC(NC1CC(c2cccc(Br)c2)C1)C(=O)O. The van der Waals surface area contributed by atoms with Gasteiger partial charge in [0.2, 0.25) is 0 Å². The summed E-state index contributed by atoms with van der Waals surface area (Å²) in [6, 6.07) is 8.36. The number of hydrogen-bond donors (Lipinski definition) is 2. The summed E-state index contributed by atoms with van der Waals surface area (Å²) in [4.78, 5) is 11.2. The van der Waals surface area contributed by atoms with Crippen LogP contribution in [0, 0.1) is 0 Å². The monoisotopic (exact) mass is 339 g/mol. The number of unbranched alkanes of at least 4 members (excludes halogenated alkanes) is 1. The van der Waals surface area contributed by atoms with Crippen molar-refractivity contribution in [1.82, 2.24) is 5.32 Å². The van der Waals surface area contributed by atoms with Gasteiger partial charge in [-0.25, -0.2) is 0 Å². The molecule has 20 heavy (non-hydrogen) atoms. The lowest BCUT2D eigenvalue weighted by atomic mass is 9.75. The normalized spacial score (nSPS) is 23.1. The van der Waals surface area contributed by atoms with Crippen LogP contribution in [0.2, 0.25) is 0 Å². The molecule has 1 unspecified atom stereocenters. The van der Waals surface area contributed by atoms with Crippen molar-refractivity contribution in [1.29, 1.82) is 0 Å². The number of carboxylic acids is 1. The summed E-state index contributed by atoms with van der Waals surface area (Å²) in [6.45, 7) is 2.09. The maximum atomic E-state index is 11.2. The van der Waals surface area contributed by atoms with E-state index < -0.39 is 5.97 Å². The van der Waals surface area contributed by atoms with Crippen LogP contribution in [-0.4, -0.2) is 23.2 Å². The van der Waals surface area contributed by atoms with E-state index in [1.165, 1.54) is 5.56 Å². The molecule has 1 fully saturated rings. The van der Waals surface area contributed by atoms with Crippen LogP contribution in [0.1, 0.15) is 50.5 Å². The summed E-state index contributed by atoms with van der Waals surface area (Å²) < 4.78 is 1.11. The lowest BCUT2D eigenvalue weighted by molar-refractivity contribution is -0.140. The molecule has 0 amide bonds. The van der Waals surface area contributed by atoms with Crippen molar-refractivity contribution in [2.75, 3.05) is 0 Å². The van der Waals surface area contributed by atoms with E-state index >= 15 is 0 Å². The zero-order chi connectivity index (χ0) is 14.5.